The van der Waals surface area contributed by atoms with E-state index in [0.29, 0.717) is 16.5 Å². The molecule has 148 valence electrons. The molecule has 1 saturated heterocycles. The van der Waals surface area contributed by atoms with Gasteiger partial charge in [-0.15, -0.1) is 10.2 Å². The number of nitrogens with zero attached hydrogens (tertiary/aromatic N) is 5. The first-order valence-corrected chi connectivity index (χ1v) is 10.2. The molecule has 1 N–H and O–H groups in total. The van der Waals surface area contributed by atoms with Crippen LogP contribution in [0, 0.1) is 5.82 Å². The first kappa shape index (κ1) is 19.1. The third-order valence-corrected chi connectivity index (χ3v) is 5.91. The fourth-order valence-electron chi connectivity index (χ4n) is 3.55. The molecule has 1 aliphatic rings. The summed E-state index contributed by atoms with van der Waals surface area (Å²) in [6.07, 6.45) is 3.69. The van der Waals surface area contributed by atoms with E-state index in [1.807, 2.05) is 0 Å². The van der Waals surface area contributed by atoms with E-state index >= 15 is 0 Å². The zero-order chi connectivity index (χ0) is 19.7. The summed E-state index contributed by atoms with van der Waals surface area (Å²) >= 11 is 1.42. The SMILES string of the molecule is COc1cc2c(Sc3nnc(C4CCCNC4)n3C(C)C)ncnc2cc1F. The quantitative estimate of drug-likeness (QED) is 0.654. The van der Waals surface area contributed by atoms with Gasteiger partial charge in [0.05, 0.1) is 12.6 Å². The number of rotatable bonds is 5. The second-order valence-corrected chi connectivity index (χ2v) is 8.09. The Balaban J connectivity index is 1.74. The van der Waals surface area contributed by atoms with Crippen molar-refractivity contribution in [3.05, 3.63) is 30.1 Å². The molecule has 0 radical (unpaired) electrons. The molecule has 1 aliphatic heterocycles. The van der Waals surface area contributed by atoms with E-state index in [-0.39, 0.29) is 11.8 Å². The summed E-state index contributed by atoms with van der Waals surface area (Å²) in [5.41, 5.74) is 0.531. The third-order valence-electron chi connectivity index (χ3n) is 4.93. The van der Waals surface area contributed by atoms with Crippen molar-refractivity contribution >= 4 is 22.7 Å². The fourth-order valence-corrected chi connectivity index (χ4v) is 4.58. The van der Waals surface area contributed by atoms with Gasteiger partial charge in [-0.1, -0.05) is 0 Å². The van der Waals surface area contributed by atoms with Crippen molar-refractivity contribution in [3.8, 4) is 5.75 Å². The molecule has 1 fully saturated rings. The highest BCUT2D eigenvalue weighted by atomic mass is 32.2. The third kappa shape index (κ3) is 3.56. The van der Waals surface area contributed by atoms with Gasteiger partial charge >= 0.3 is 0 Å². The van der Waals surface area contributed by atoms with E-state index in [1.54, 1.807) is 6.07 Å². The Hall–Kier alpha value is -2.26. The van der Waals surface area contributed by atoms with Crippen molar-refractivity contribution < 1.29 is 9.13 Å². The first-order valence-electron chi connectivity index (χ1n) is 9.40. The van der Waals surface area contributed by atoms with Crippen molar-refractivity contribution in [2.24, 2.45) is 0 Å². The second kappa shape index (κ2) is 8.00. The maximum atomic E-state index is 14.0. The summed E-state index contributed by atoms with van der Waals surface area (Å²) in [7, 11) is 1.45. The van der Waals surface area contributed by atoms with Crippen LogP contribution < -0.4 is 10.1 Å². The van der Waals surface area contributed by atoms with Crippen molar-refractivity contribution in [2.75, 3.05) is 20.2 Å². The number of piperidine rings is 1. The number of hydrogen-bond acceptors (Lipinski definition) is 7. The van der Waals surface area contributed by atoms with Crippen LogP contribution in [0.5, 0.6) is 5.75 Å². The van der Waals surface area contributed by atoms with Gasteiger partial charge in [-0.25, -0.2) is 14.4 Å². The van der Waals surface area contributed by atoms with Gasteiger partial charge in [-0.05, 0) is 51.1 Å². The molecule has 9 heteroatoms. The van der Waals surface area contributed by atoms with Crippen LogP contribution >= 0.6 is 11.8 Å². The Morgan fingerprint density at radius 1 is 1.29 bits per heavy atom. The number of hydrogen-bond donors (Lipinski definition) is 1. The largest absolute Gasteiger partial charge is 0.494 e. The van der Waals surface area contributed by atoms with Crippen LogP contribution in [0.3, 0.4) is 0 Å². The van der Waals surface area contributed by atoms with Gasteiger partial charge in [0.2, 0.25) is 0 Å². The highest BCUT2D eigenvalue weighted by Gasteiger charge is 2.25. The predicted octanol–water partition coefficient (Wildman–Crippen LogP) is 3.57. The van der Waals surface area contributed by atoms with E-state index in [0.717, 1.165) is 42.3 Å². The molecule has 0 bridgehead atoms. The first-order chi connectivity index (χ1) is 13.6. The Morgan fingerprint density at radius 2 is 2.14 bits per heavy atom. The minimum absolute atomic E-state index is 0.170. The number of benzene rings is 1. The lowest BCUT2D eigenvalue weighted by atomic mass is 9.98. The number of ether oxygens (including phenoxy) is 1. The predicted molar refractivity (Wildman–Crippen MR) is 105 cm³/mol. The van der Waals surface area contributed by atoms with Gasteiger partial charge < -0.3 is 14.6 Å². The molecule has 2 aromatic heterocycles. The lowest BCUT2D eigenvalue weighted by molar-refractivity contribution is 0.387. The van der Waals surface area contributed by atoms with Gasteiger partial charge in [0.15, 0.2) is 16.7 Å². The molecule has 3 heterocycles. The lowest BCUT2D eigenvalue weighted by Crippen LogP contribution is -2.30. The van der Waals surface area contributed by atoms with E-state index in [2.05, 4.69) is 43.9 Å². The average Bonchev–Trinajstić information content (AvgIpc) is 3.12. The Kier molecular flexibility index (Phi) is 5.45. The molecule has 0 aliphatic carbocycles. The van der Waals surface area contributed by atoms with Crippen molar-refractivity contribution in [3.63, 3.8) is 0 Å². The summed E-state index contributed by atoms with van der Waals surface area (Å²) in [5, 5.41) is 14.6. The van der Waals surface area contributed by atoms with Crippen LogP contribution in [-0.2, 0) is 0 Å². The van der Waals surface area contributed by atoms with Gasteiger partial charge in [-0.2, -0.15) is 0 Å². The molecule has 1 unspecified atom stereocenters. The molecule has 1 atom stereocenters. The van der Waals surface area contributed by atoms with Gasteiger partial charge in [0.1, 0.15) is 17.2 Å². The Bertz CT molecular complexity index is 986. The molecule has 0 spiro atoms. The standard InChI is InChI=1S/C19H23FN6OS/c1-11(2)26-17(12-5-4-6-21-9-12)24-25-19(26)28-18-13-7-16(27-3)14(20)8-15(13)22-10-23-18/h7-8,10-12,21H,4-6,9H2,1-3H3. The number of halogens is 1. The Labute approximate surface area is 167 Å². The molecule has 7 nitrogen and oxygen atoms in total. The van der Waals surface area contributed by atoms with Crippen LogP contribution in [-0.4, -0.2) is 44.9 Å². The number of methoxy groups -OCH3 is 1. The molecular weight excluding hydrogens is 379 g/mol. The summed E-state index contributed by atoms with van der Waals surface area (Å²) < 4.78 is 21.3. The van der Waals surface area contributed by atoms with E-state index in [1.165, 1.54) is 31.3 Å². The van der Waals surface area contributed by atoms with Crippen LogP contribution in [0.2, 0.25) is 0 Å². The maximum absolute atomic E-state index is 14.0. The Morgan fingerprint density at radius 3 is 2.86 bits per heavy atom. The van der Waals surface area contributed by atoms with E-state index in [4.69, 9.17) is 4.74 Å². The number of aromatic nitrogens is 5. The van der Waals surface area contributed by atoms with Crippen molar-refractivity contribution in [1.29, 1.82) is 0 Å². The minimum atomic E-state index is -0.443. The second-order valence-electron chi connectivity index (χ2n) is 7.13. The summed E-state index contributed by atoms with van der Waals surface area (Å²) in [6, 6.07) is 3.22. The van der Waals surface area contributed by atoms with Crippen LogP contribution in [0.4, 0.5) is 4.39 Å². The van der Waals surface area contributed by atoms with Crippen molar-refractivity contribution in [2.45, 2.75) is 48.8 Å². The van der Waals surface area contributed by atoms with Crippen molar-refractivity contribution in [1.82, 2.24) is 30.0 Å². The maximum Gasteiger partial charge on any atom is 0.197 e. The molecule has 28 heavy (non-hydrogen) atoms. The van der Waals surface area contributed by atoms with Crippen LogP contribution in [0.25, 0.3) is 10.9 Å². The van der Waals surface area contributed by atoms with Crippen LogP contribution in [0.1, 0.15) is 44.5 Å². The molecule has 1 aromatic carbocycles. The monoisotopic (exact) mass is 402 g/mol. The lowest BCUT2D eigenvalue weighted by Gasteiger charge is -2.24. The molecular formula is C19H23FN6OS. The van der Waals surface area contributed by atoms with Crippen LogP contribution in [0.15, 0.2) is 28.6 Å². The highest BCUT2D eigenvalue weighted by Crippen LogP contribution is 2.36. The average molecular weight is 402 g/mol. The topological polar surface area (TPSA) is 77.8 Å². The zero-order valence-electron chi connectivity index (χ0n) is 16.1. The van der Waals surface area contributed by atoms with Gasteiger partial charge in [-0.3, -0.25) is 0 Å². The molecule has 4 rings (SSSR count). The number of fused-ring (bicyclic) bond motifs is 1. The minimum Gasteiger partial charge on any atom is -0.494 e. The summed E-state index contributed by atoms with van der Waals surface area (Å²) in [5.74, 6) is 1.09. The summed E-state index contributed by atoms with van der Waals surface area (Å²) in [6.45, 7) is 6.23. The number of nitrogens with one attached hydrogen (secondary N) is 1. The normalized spacial score (nSPS) is 17.4. The molecule has 3 aromatic rings. The molecule has 0 amide bonds. The zero-order valence-corrected chi connectivity index (χ0v) is 17.0. The van der Waals surface area contributed by atoms with E-state index in [9.17, 15) is 4.39 Å². The molecule has 0 saturated carbocycles. The fraction of sp³-hybridized carbons (Fsp3) is 0.474. The van der Waals surface area contributed by atoms with Gasteiger partial charge in [0, 0.05) is 30.0 Å². The summed E-state index contributed by atoms with van der Waals surface area (Å²) in [4.78, 5) is 8.59. The van der Waals surface area contributed by atoms with E-state index < -0.39 is 5.82 Å². The van der Waals surface area contributed by atoms with Gasteiger partial charge in [0.25, 0.3) is 0 Å². The smallest absolute Gasteiger partial charge is 0.197 e. The highest BCUT2D eigenvalue weighted by molar-refractivity contribution is 7.99.